The molecule has 11 heteroatoms. The minimum Gasteiger partial charge on any atom is -0.412 e. The molecule has 0 aliphatic heterocycles. The number of hydrogen-bond acceptors (Lipinski definition) is 0. The standard InChI is InChI=1S/K.10H2O/h;10*1H2. The van der Waals surface area contributed by atoms with Crippen molar-refractivity contribution in [2.24, 2.45) is 0 Å². The zero-order chi connectivity index (χ0) is 0. The second-order valence-electron chi connectivity index (χ2n) is 0. The molecule has 0 atom stereocenters. The van der Waals surface area contributed by atoms with E-state index in [9.17, 15) is 0 Å². The Bertz CT molecular complexity index is 4.83. The SMILES string of the molecule is O.O.O.O.O.O.O.O.O.O.[K]. The molecule has 0 aromatic heterocycles. The van der Waals surface area contributed by atoms with Gasteiger partial charge in [0, 0.05) is 51.4 Å². The monoisotopic (exact) mass is 219 g/mol. The van der Waals surface area contributed by atoms with Gasteiger partial charge in [0.25, 0.3) is 0 Å². The Morgan fingerprint density at radius 3 is 0.182 bits per heavy atom. The Balaban J connectivity index is 0. The van der Waals surface area contributed by atoms with E-state index in [1.54, 1.807) is 0 Å². The van der Waals surface area contributed by atoms with Crippen LogP contribution in [0.15, 0.2) is 0 Å². The van der Waals surface area contributed by atoms with Crippen molar-refractivity contribution in [1.82, 2.24) is 0 Å². The molecule has 0 amide bonds. The van der Waals surface area contributed by atoms with E-state index >= 15 is 0 Å². The summed E-state index contributed by atoms with van der Waals surface area (Å²) in [5, 5.41) is 0. The quantitative estimate of drug-likeness (QED) is 0.342. The zero-order valence-corrected chi connectivity index (χ0v) is 9.12. The van der Waals surface area contributed by atoms with Crippen LogP contribution in [-0.2, 0) is 0 Å². The van der Waals surface area contributed by atoms with Gasteiger partial charge in [-0.3, -0.25) is 0 Å². The Morgan fingerprint density at radius 1 is 0.182 bits per heavy atom. The van der Waals surface area contributed by atoms with Gasteiger partial charge in [-0.25, -0.2) is 0 Å². The van der Waals surface area contributed by atoms with Gasteiger partial charge in [0.1, 0.15) is 0 Å². The predicted octanol–water partition coefficient (Wildman–Crippen LogP) is -8.63. The molecule has 0 bridgehead atoms. The topological polar surface area (TPSA) is 315 Å². The first kappa shape index (κ1) is 1010. The fraction of sp³-hybridized carbons (Fsp3) is 0. The first-order valence-electron chi connectivity index (χ1n) is 0. The Kier molecular flexibility index (Phi) is 70800. The van der Waals surface area contributed by atoms with Crippen LogP contribution in [0, 0.1) is 0 Å². The van der Waals surface area contributed by atoms with Crippen molar-refractivity contribution in [1.29, 1.82) is 0 Å². The largest absolute Gasteiger partial charge is 0.412 e. The van der Waals surface area contributed by atoms with E-state index in [0.717, 1.165) is 0 Å². The molecule has 0 saturated heterocycles. The van der Waals surface area contributed by atoms with Crippen LogP contribution >= 0.6 is 0 Å². The molecule has 0 spiro atoms. The average molecular weight is 219 g/mol. The molecule has 0 aromatic rings. The summed E-state index contributed by atoms with van der Waals surface area (Å²) < 4.78 is 0. The summed E-state index contributed by atoms with van der Waals surface area (Å²) in [5.74, 6) is 0. The van der Waals surface area contributed by atoms with Crippen LogP contribution in [0.25, 0.3) is 0 Å². The Hall–Kier alpha value is 1.24. The van der Waals surface area contributed by atoms with Crippen LogP contribution in [0.3, 0.4) is 0 Å². The summed E-state index contributed by atoms with van der Waals surface area (Å²) in [6.07, 6.45) is 0. The zero-order valence-electron chi connectivity index (χ0n) is 6.00. The van der Waals surface area contributed by atoms with E-state index < -0.39 is 0 Å². The third-order valence-electron chi connectivity index (χ3n) is 0. The second kappa shape index (κ2) is 770. The predicted molar refractivity (Wildman–Crippen MR) is 41.9 cm³/mol. The van der Waals surface area contributed by atoms with E-state index in [-0.39, 0.29) is 106 Å². The molecule has 0 fully saturated rings. The molecular weight excluding hydrogens is 199 g/mol. The Morgan fingerprint density at radius 2 is 0.182 bits per heavy atom. The molecule has 20 N–H and O–H groups in total. The van der Waals surface area contributed by atoms with Crippen molar-refractivity contribution < 1.29 is 54.8 Å². The van der Waals surface area contributed by atoms with Gasteiger partial charge in [0.05, 0.1) is 0 Å². The van der Waals surface area contributed by atoms with Gasteiger partial charge < -0.3 is 54.8 Å². The molecule has 0 aliphatic carbocycles. The van der Waals surface area contributed by atoms with Crippen molar-refractivity contribution in [2.45, 2.75) is 0 Å². The van der Waals surface area contributed by atoms with Gasteiger partial charge in [-0.15, -0.1) is 0 Å². The Labute approximate surface area is 105 Å². The summed E-state index contributed by atoms with van der Waals surface area (Å²) in [6, 6.07) is 0. The van der Waals surface area contributed by atoms with Crippen molar-refractivity contribution in [3.8, 4) is 0 Å². The van der Waals surface area contributed by atoms with E-state index in [4.69, 9.17) is 0 Å². The number of hydrogen-bond donors (Lipinski definition) is 0. The van der Waals surface area contributed by atoms with Gasteiger partial charge >= 0.3 is 0 Å². The van der Waals surface area contributed by atoms with Crippen molar-refractivity contribution >= 4 is 51.4 Å². The fourth-order valence-electron chi connectivity index (χ4n) is 0. The molecule has 1 radical (unpaired) electrons. The molecule has 0 unspecified atom stereocenters. The van der Waals surface area contributed by atoms with Gasteiger partial charge in [-0.1, -0.05) is 0 Å². The van der Waals surface area contributed by atoms with Crippen LogP contribution < -0.4 is 0 Å². The molecule has 10 nitrogen and oxygen atoms in total. The first-order valence-corrected chi connectivity index (χ1v) is 0. The maximum atomic E-state index is 0. The molecule has 0 rings (SSSR count). The van der Waals surface area contributed by atoms with E-state index in [1.165, 1.54) is 0 Å². The molecule has 0 aliphatic rings. The molecule has 0 aromatic carbocycles. The maximum Gasteiger partial charge on any atom is 0 e. The average Bonchev–Trinajstić information content (AvgIpc) is 0. The molecule has 0 heterocycles. The summed E-state index contributed by atoms with van der Waals surface area (Å²) >= 11 is 0. The smallest absolute Gasteiger partial charge is 0 e. The van der Waals surface area contributed by atoms with E-state index in [2.05, 4.69) is 0 Å². The van der Waals surface area contributed by atoms with Crippen molar-refractivity contribution in [3.63, 3.8) is 0 Å². The van der Waals surface area contributed by atoms with Gasteiger partial charge in [0.15, 0.2) is 0 Å². The van der Waals surface area contributed by atoms with Gasteiger partial charge in [-0.2, -0.15) is 0 Å². The fourth-order valence-corrected chi connectivity index (χ4v) is 0. The molecular formula is H20KO10. The van der Waals surface area contributed by atoms with E-state index in [0.29, 0.717) is 0 Å². The summed E-state index contributed by atoms with van der Waals surface area (Å²) in [6.45, 7) is 0. The van der Waals surface area contributed by atoms with Crippen LogP contribution in [0.4, 0.5) is 0 Å². The molecule has 81 valence electrons. The van der Waals surface area contributed by atoms with Crippen LogP contribution in [-0.4, -0.2) is 106 Å². The van der Waals surface area contributed by atoms with Crippen LogP contribution in [0.1, 0.15) is 0 Å². The van der Waals surface area contributed by atoms with Gasteiger partial charge in [0.2, 0.25) is 0 Å². The summed E-state index contributed by atoms with van der Waals surface area (Å²) in [4.78, 5) is 0. The van der Waals surface area contributed by atoms with Crippen LogP contribution in [0.5, 0.6) is 0 Å². The normalized spacial score (nSPS) is 0. The number of rotatable bonds is 0. The maximum absolute atomic E-state index is 0. The minimum atomic E-state index is 0. The van der Waals surface area contributed by atoms with Crippen LogP contribution in [0.2, 0.25) is 0 Å². The summed E-state index contributed by atoms with van der Waals surface area (Å²) in [5.41, 5.74) is 0. The third-order valence-corrected chi connectivity index (χ3v) is 0. The minimum absolute atomic E-state index is 0. The van der Waals surface area contributed by atoms with Crippen molar-refractivity contribution in [3.05, 3.63) is 0 Å². The van der Waals surface area contributed by atoms with Gasteiger partial charge in [-0.05, 0) is 0 Å². The third kappa shape index (κ3) is 627. The summed E-state index contributed by atoms with van der Waals surface area (Å²) in [7, 11) is 0. The first-order chi connectivity index (χ1) is 0. The molecule has 0 saturated carbocycles. The van der Waals surface area contributed by atoms with Crippen molar-refractivity contribution in [2.75, 3.05) is 0 Å². The second-order valence-corrected chi connectivity index (χ2v) is 0. The molecule has 11 heavy (non-hydrogen) atoms. The van der Waals surface area contributed by atoms with E-state index in [1.807, 2.05) is 0 Å².